The van der Waals surface area contributed by atoms with E-state index in [-0.39, 0.29) is 0 Å². The number of rotatable bonds is 18. The first kappa shape index (κ1) is 41.1. The Balaban J connectivity index is 1.44. The molecule has 0 aliphatic heterocycles. The molecule has 0 atom stereocenters. The van der Waals surface area contributed by atoms with E-state index in [1.54, 1.807) is 97.1 Å². The van der Waals surface area contributed by atoms with Crippen LogP contribution in [0.4, 0.5) is 0 Å². The maximum absolute atomic E-state index is 12.2. The molecule has 56 heavy (non-hydrogen) atoms. The van der Waals surface area contributed by atoms with E-state index in [1.807, 2.05) is 24.3 Å². The Morgan fingerprint density at radius 1 is 0.339 bits per heavy atom. The standard InChI is InChI=1S/4C9H8O3.C6H4.2Bi/c4*1-2-12-9(11)7-3-5-8(10)6-4-7;1-2-4-6-5-3-1;;/h4*2-6,10H,1H2;1-2,5-6H;;/q;;;;;2*+2/p-4. The second kappa shape index (κ2) is 20.5. The molecule has 0 amide bonds. The summed E-state index contributed by atoms with van der Waals surface area (Å²) in [7, 11) is 0. The Morgan fingerprint density at radius 3 is 0.714 bits per heavy atom. The number of hydrogen-bond acceptors (Lipinski definition) is 12. The summed E-state index contributed by atoms with van der Waals surface area (Å²) in [4.78, 5) is 48.7. The molecule has 5 rings (SSSR count). The van der Waals surface area contributed by atoms with Crippen molar-refractivity contribution in [1.82, 2.24) is 0 Å². The fraction of sp³-hybridized carbons (Fsp3) is 0. The predicted molar refractivity (Wildman–Crippen MR) is 208 cm³/mol. The van der Waals surface area contributed by atoms with Crippen LogP contribution in [0, 0.1) is 0 Å². The normalized spacial score (nSPS) is 10.3. The van der Waals surface area contributed by atoms with Crippen molar-refractivity contribution in [3.8, 4) is 23.0 Å². The fourth-order valence-corrected chi connectivity index (χ4v) is 14.4. The number of esters is 4. The molecule has 0 heterocycles. The Morgan fingerprint density at radius 2 is 0.536 bits per heavy atom. The van der Waals surface area contributed by atoms with Crippen LogP contribution in [0.1, 0.15) is 41.4 Å². The van der Waals surface area contributed by atoms with E-state index >= 15 is 0 Å². The average molecular weight is 1150 g/mol. The first-order valence-electron chi connectivity index (χ1n) is 16.3. The molecule has 5 aromatic rings. The molecular formula is C42H32Bi2O12. The van der Waals surface area contributed by atoms with Crippen LogP contribution in [0.5, 0.6) is 23.0 Å². The van der Waals surface area contributed by atoms with Gasteiger partial charge in [0.25, 0.3) is 0 Å². The van der Waals surface area contributed by atoms with Gasteiger partial charge >= 0.3 is 343 Å². The number of carbonyl (C=O) groups excluding carboxylic acids is 4. The monoisotopic (exact) mass is 1150 g/mol. The van der Waals surface area contributed by atoms with Crippen molar-refractivity contribution < 1.29 is 49.4 Å². The third-order valence-electron chi connectivity index (χ3n) is 7.15. The molecule has 0 bridgehead atoms. The van der Waals surface area contributed by atoms with Crippen LogP contribution in [0.2, 0.25) is 0 Å². The summed E-state index contributed by atoms with van der Waals surface area (Å²) in [5.74, 6) is -0.360. The van der Waals surface area contributed by atoms with Crippen molar-refractivity contribution in [2.24, 2.45) is 0 Å². The number of ether oxygens (including phenoxy) is 4. The molecule has 0 spiro atoms. The molecule has 0 aliphatic rings. The van der Waals surface area contributed by atoms with Gasteiger partial charge in [-0.1, -0.05) is 0 Å². The average Bonchev–Trinajstić information content (AvgIpc) is 3.22. The molecule has 0 N–H and O–H groups in total. The van der Waals surface area contributed by atoms with Crippen molar-refractivity contribution in [2.75, 3.05) is 0 Å². The summed E-state index contributed by atoms with van der Waals surface area (Å²) < 4.78 is 47.0. The van der Waals surface area contributed by atoms with Gasteiger partial charge in [-0.25, -0.2) is 0 Å². The Labute approximate surface area is 340 Å². The molecule has 12 nitrogen and oxygen atoms in total. The predicted octanol–water partition coefficient (Wildman–Crippen LogP) is 6.59. The Bertz CT molecular complexity index is 1890. The van der Waals surface area contributed by atoms with Gasteiger partial charge in [-0.15, -0.1) is 0 Å². The minimum absolute atomic E-state index is 0.312. The molecule has 0 fully saturated rings. The topological polar surface area (TPSA) is 142 Å². The molecule has 14 heteroatoms. The van der Waals surface area contributed by atoms with Gasteiger partial charge in [-0.05, 0) is 0 Å². The fourth-order valence-electron chi connectivity index (χ4n) is 4.51. The van der Waals surface area contributed by atoms with Crippen LogP contribution >= 0.6 is 0 Å². The van der Waals surface area contributed by atoms with Gasteiger partial charge in [0.05, 0.1) is 0 Å². The van der Waals surface area contributed by atoms with Crippen LogP contribution in [0.15, 0.2) is 173 Å². The van der Waals surface area contributed by atoms with Gasteiger partial charge in [0.15, 0.2) is 0 Å². The van der Waals surface area contributed by atoms with Crippen LogP contribution in [-0.4, -0.2) is 69.1 Å². The van der Waals surface area contributed by atoms with Gasteiger partial charge in [0, 0.05) is 0 Å². The van der Waals surface area contributed by atoms with Crippen molar-refractivity contribution in [1.29, 1.82) is 0 Å². The summed E-state index contributed by atoms with van der Waals surface area (Å²) >= 11 is -7.30. The van der Waals surface area contributed by atoms with E-state index in [2.05, 4.69) is 26.3 Å². The summed E-state index contributed by atoms with van der Waals surface area (Å²) in [5.41, 5.74) is 1.25. The second-order valence-electron chi connectivity index (χ2n) is 10.8. The SMILES string of the molecule is C=COC(=O)c1ccc([O][Bi]([O]c2ccc(C(=O)OC=C)cc2)[c]2cc[c]([Bi]([O]c3ccc(C(=O)OC=C)cc3)[O]c3ccc(C(=O)OC=C)cc3)cc2)cc1. The zero-order valence-electron chi connectivity index (χ0n) is 29.5. The van der Waals surface area contributed by atoms with E-state index in [9.17, 15) is 19.2 Å². The molecular weight excluding hydrogens is 1110 g/mol. The van der Waals surface area contributed by atoms with Gasteiger partial charge in [0.1, 0.15) is 0 Å². The third kappa shape index (κ3) is 11.5. The van der Waals surface area contributed by atoms with Crippen molar-refractivity contribution in [2.45, 2.75) is 0 Å². The molecule has 282 valence electrons. The Hall–Kier alpha value is -6.09. The second-order valence-corrected chi connectivity index (χ2v) is 21.6. The number of carbonyl (C=O) groups is 4. The molecule has 0 unspecified atom stereocenters. The minimum atomic E-state index is -3.65. The van der Waals surface area contributed by atoms with Gasteiger partial charge in [-0.3, -0.25) is 0 Å². The molecule has 0 saturated carbocycles. The van der Waals surface area contributed by atoms with Crippen molar-refractivity contribution >= 4 is 75.7 Å². The first-order valence-corrected chi connectivity index (χ1v) is 25.5. The van der Waals surface area contributed by atoms with Crippen LogP contribution in [-0.2, 0) is 18.9 Å². The molecule has 0 radical (unpaired) electrons. The van der Waals surface area contributed by atoms with Crippen LogP contribution < -0.4 is 17.8 Å². The van der Waals surface area contributed by atoms with Crippen LogP contribution in [0.25, 0.3) is 0 Å². The maximum atomic E-state index is 12.2. The van der Waals surface area contributed by atoms with E-state index in [4.69, 9.17) is 30.2 Å². The summed E-state index contributed by atoms with van der Waals surface area (Å²) in [6.45, 7) is 13.7. The molecule has 5 aromatic carbocycles. The van der Waals surface area contributed by atoms with Gasteiger partial charge in [-0.2, -0.15) is 0 Å². The molecule has 0 aliphatic carbocycles. The van der Waals surface area contributed by atoms with E-state index in [1.165, 1.54) is 0 Å². The number of hydrogen-bond donors (Lipinski definition) is 0. The van der Waals surface area contributed by atoms with Gasteiger partial charge < -0.3 is 0 Å². The zero-order valence-corrected chi connectivity index (χ0v) is 36.4. The first-order chi connectivity index (χ1) is 27.2. The van der Waals surface area contributed by atoms with Crippen molar-refractivity contribution in [3.63, 3.8) is 0 Å². The van der Waals surface area contributed by atoms with E-state index in [0.717, 1.165) is 31.6 Å². The third-order valence-corrected chi connectivity index (χ3v) is 18.6. The van der Waals surface area contributed by atoms with Crippen LogP contribution in [0.3, 0.4) is 0 Å². The summed E-state index contributed by atoms with van der Waals surface area (Å²) in [6, 6.07) is 33.3. The summed E-state index contributed by atoms with van der Waals surface area (Å²) in [5, 5.41) is 0. The van der Waals surface area contributed by atoms with E-state index in [0.29, 0.717) is 45.3 Å². The quantitative estimate of drug-likeness (QED) is 0.0405. The van der Waals surface area contributed by atoms with Gasteiger partial charge in [0.2, 0.25) is 0 Å². The number of benzene rings is 5. The molecule has 0 saturated heterocycles. The van der Waals surface area contributed by atoms with Crippen molar-refractivity contribution in [3.05, 3.63) is 195 Å². The molecule has 0 aromatic heterocycles. The van der Waals surface area contributed by atoms with E-state index < -0.39 is 69.1 Å². The zero-order chi connectivity index (χ0) is 39.9. The Kier molecular flexibility index (Phi) is 15.1. The summed E-state index contributed by atoms with van der Waals surface area (Å²) in [6.07, 6.45) is 4.23.